The zero-order chi connectivity index (χ0) is 15.5. The fourth-order valence-corrected chi connectivity index (χ4v) is 2.90. The van der Waals surface area contributed by atoms with Crippen LogP contribution in [0.1, 0.15) is 20.7 Å². The van der Waals surface area contributed by atoms with Gasteiger partial charge in [-0.25, -0.2) is 13.1 Å². The smallest absolute Gasteiger partial charge is 0.264 e. The fourth-order valence-electron chi connectivity index (χ4n) is 1.57. The number of benzene rings is 2. The quantitative estimate of drug-likeness (QED) is 0.614. The van der Waals surface area contributed by atoms with Crippen molar-refractivity contribution in [3.05, 3.63) is 63.2 Å². The van der Waals surface area contributed by atoms with Crippen LogP contribution < -0.4 is 4.72 Å². The number of rotatable bonds is 4. The molecule has 21 heavy (non-hydrogen) atoms. The molecule has 0 fully saturated rings. The SMILES string of the molecule is O=Cc1ccc(C(=O)NS(=O)(=O)c2ccc(I)cc2)cc1. The Balaban J connectivity index is 2.21. The van der Waals surface area contributed by atoms with Crippen molar-refractivity contribution in [2.24, 2.45) is 0 Å². The van der Waals surface area contributed by atoms with Crippen molar-refractivity contribution in [1.82, 2.24) is 4.72 Å². The molecule has 0 bridgehead atoms. The molecule has 7 heteroatoms. The minimum absolute atomic E-state index is 0.0146. The van der Waals surface area contributed by atoms with Gasteiger partial charge in [0.15, 0.2) is 0 Å². The number of hydrogen-bond donors (Lipinski definition) is 1. The minimum Gasteiger partial charge on any atom is -0.298 e. The number of sulfonamides is 1. The summed E-state index contributed by atoms with van der Waals surface area (Å²) < 4.78 is 27.0. The topological polar surface area (TPSA) is 80.3 Å². The summed E-state index contributed by atoms with van der Waals surface area (Å²) in [6, 6.07) is 11.8. The van der Waals surface area contributed by atoms with E-state index in [2.05, 4.69) is 22.6 Å². The van der Waals surface area contributed by atoms with Crippen molar-refractivity contribution in [2.45, 2.75) is 4.90 Å². The van der Waals surface area contributed by atoms with E-state index in [0.717, 1.165) is 3.57 Å². The third kappa shape index (κ3) is 3.88. The number of hydrogen-bond acceptors (Lipinski definition) is 4. The summed E-state index contributed by atoms with van der Waals surface area (Å²) in [6.07, 6.45) is 0.643. The second kappa shape index (κ2) is 6.35. The summed E-state index contributed by atoms with van der Waals surface area (Å²) >= 11 is 2.06. The molecule has 0 heterocycles. The average Bonchev–Trinajstić information content (AvgIpc) is 2.47. The molecular formula is C14H10INO4S. The average molecular weight is 415 g/mol. The highest BCUT2D eigenvalue weighted by Gasteiger charge is 2.18. The fraction of sp³-hybridized carbons (Fsp3) is 0. The van der Waals surface area contributed by atoms with E-state index in [1.54, 1.807) is 12.1 Å². The highest BCUT2D eigenvalue weighted by atomic mass is 127. The summed E-state index contributed by atoms with van der Waals surface area (Å²) in [5.41, 5.74) is 0.571. The molecule has 2 aromatic carbocycles. The van der Waals surface area contributed by atoms with E-state index >= 15 is 0 Å². The Labute approximate surface area is 135 Å². The molecule has 0 aliphatic rings. The molecule has 0 aliphatic heterocycles. The van der Waals surface area contributed by atoms with Gasteiger partial charge in [-0.05, 0) is 59.0 Å². The van der Waals surface area contributed by atoms with Gasteiger partial charge in [-0.15, -0.1) is 0 Å². The predicted molar refractivity (Wildman–Crippen MR) is 85.6 cm³/mol. The van der Waals surface area contributed by atoms with Crippen LogP contribution in [0, 0.1) is 3.57 Å². The first kappa shape index (κ1) is 15.6. The zero-order valence-electron chi connectivity index (χ0n) is 10.6. The lowest BCUT2D eigenvalue weighted by molar-refractivity contribution is 0.0980. The molecule has 0 spiro atoms. The Morgan fingerprint density at radius 2 is 1.57 bits per heavy atom. The summed E-state index contributed by atoms with van der Waals surface area (Å²) in [6.45, 7) is 0. The molecule has 0 unspecified atom stereocenters. The molecule has 108 valence electrons. The molecule has 5 nitrogen and oxygen atoms in total. The molecule has 0 atom stereocenters. The number of carbonyl (C=O) groups excluding carboxylic acids is 2. The molecule has 1 N–H and O–H groups in total. The van der Waals surface area contributed by atoms with E-state index in [1.807, 2.05) is 4.72 Å². The van der Waals surface area contributed by atoms with Gasteiger partial charge in [-0.1, -0.05) is 12.1 Å². The van der Waals surface area contributed by atoms with Crippen LogP contribution in [0.5, 0.6) is 0 Å². The van der Waals surface area contributed by atoms with Gasteiger partial charge in [-0.3, -0.25) is 9.59 Å². The van der Waals surface area contributed by atoms with Crippen LogP contribution in [0.25, 0.3) is 0 Å². The first-order valence-corrected chi connectivity index (χ1v) is 8.36. The monoisotopic (exact) mass is 415 g/mol. The molecule has 0 saturated carbocycles. The van der Waals surface area contributed by atoms with Gasteiger partial charge < -0.3 is 0 Å². The number of nitrogens with one attached hydrogen (secondary N) is 1. The van der Waals surface area contributed by atoms with Gasteiger partial charge in [0, 0.05) is 14.7 Å². The van der Waals surface area contributed by atoms with Crippen molar-refractivity contribution >= 4 is 44.8 Å². The predicted octanol–water partition coefficient (Wildman–Crippen LogP) is 2.22. The van der Waals surface area contributed by atoms with E-state index in [0.29, 0.717) is 11.8 Å². The van der Waals surface area contributed by atoms with Crippen molar-refractivity contribution in [3.8, 4) is 0 Å². The number of halogens is 1. The van der Waals surface area contributed by atoms with E-state index < -0.39 is 15.9 Å². The van der Waals surface area contributed by atoms with Crippen LogP contribution >= 0.6 is 22.6 Å². The van der Waals surface area contributed by atoms with Crippen LogP contribution in [0.2, 0.25) is 0 Å². The molecule has 0 saturated heterocycles. The van der Waals surface area contributed by atoms with E-state index in [-0.39, 0.29) is 10.5 Å². The minimum atomic E-state index is -3.91. The van der Waals surface area contributed by atoms with E-state index in [9.17, 15) is 18.0 Å². The molecule has 0 aromatic heterocycles. The Bertz CT molecular complexity index is 768. The summed E-state index contributed by atoms with van der Waals surface area (Å²) in [5.74, 6) is -0.744. The summed E-state index contributed by atoms with van der Waals surface area (Å²) in [4.78, 5) is 22.5. The van der Waals surface area contributed by atoms with Gasteiger partial charge in [0.2, 0.25) is 0 Å². The highest BCUT2D eigenvalue weighted by Crippen LogP contribution is 2.12. The van der Waals surface area contributed by atoms with E-state index in [4.69, 9.17) is 0 Å². The lowest BCUT2D eigenvalue weighted by Gasteiger charge is -2.07. The Hall–Kier alpha value is -1.74. The summed E-state index contributed by atoms with van der Waals surface area (Å²) in [7, 11) is -3.91. The Morgan fingerprint density at radius 1 is 1.00 bits per heavy atom. The number of aldehydes is 1. The lowest BCUT2D eigenvalue weighted by Crippen LogP contribution is -2.30. The van der Waals surface area contributed by atoms with Crippen LogP contribution in [-0.4, -0.2) is 20.6 Å². The zero-order valence-corrected chi connectivity index (χ0v) is 13.6. The van der Waals surface area contributed by atoms with E-state index in [1.165, 1.54) is 36.4 Å². The second-order valence-corrected chi connectivity index (χ2v) is 7.06. The second-order valence-electron chi connectivity index (χ2n) is 4.13. The number of carbonyl (C=O) groups is 2. The third-order valence-corrected chi connectivity index (χ3v) is 4.73. The standard InChI is InChI=1S/C14H10INO4S/c15-12-5-7-13(8-6-12)21(19,20)16-14(18)11-3-1-10(9-17)2-4-11/h1-9H,(H,16,18). The van der Waals surface area contributed by atoms with Gasteiger partial charge in [-0.2, -0.15) is 0 Å². The molecule has 0 aliphatic carbocycles. The van der Waals surface area contributed by atoms with Crippen molar-refractivity contribution in [3.63, 3.8) is 0 Å². The first-order valence-electron chi connectivity index (χ1n) is 5.80. The molecule has 2 aromatic rings. The van der Waals surface area contributed by atoms with Crippen molar-refractivity contribution < 1.29 is 18.0 Å². The molecular weight excluding hydrogens is 405 g/mol. The van der Waals surface area contributed by atoms with Crippen LogP contribution in [0.4, 0.5) is 0 Å². The van der Waals surface area contributed by atoms with Crippen LogP contribution in [-0.2, 0) is 10.0 Å². The molecule has 0 radical (unpaired) electrons. The summed E-state index contributed by atoms with van der Waals surface area (Å²) in [5, 5.41) is 0. The maximum atomic E-state index is 12.1. The third-order valence-electron chi connectivity index (χ3n) is 2.66. The van der Waals surface area contributed by atoms with Gasteiger partial charge in [0.1, 0.15) is 6.29 Å². The van der Waals surface area contributed by atoms with Crippen LogP contribution in [0.3, 0.4) is 0 Å². The lowest BCUT2D eigenvalue weighted by atomic mass is 10.1. The molecule has 2 rings (SSSR count). The van der Waals surface area contributed by atoms with Crippen molar-refractivity contribution in [1.29, 1.82) is 0 Å². The van der Waals surface area contributed by atoms with Crippen LogP contribution in [0.15, 0.2) is 53.4 Å². The van der Waals surface area contributed by atoms with Gasteiger partial charge >= 0.3 is 0 Å². The first-order chi connectivity index (χ1) is 9.92. The largest absolute Gasteiger partial charge is 0.298 e. The van der Waals surface area contributed by atoms with Gasteiger partial charge in [0.25, 0.3) is 15.9 Å². The molecule has 1 amide bonds. The maximum Gasteiger partial charge on any atom is 0.264 e. The highest BCUT2D eigenvalue weighted by molar-refractivity contribution is 14.1. The van der Waals surface area contributed by atoms with Crippen molar-refractivity contribution in [2.75, 3.05) is 0 Å². The van der Waals surface area contributed by atoms with Gasteiger partial charge in [0.05, 0.1) is 4.90 Å². The maximum absolute atomic E-state index is 12.1. The normalized spacial score (nSPS) is 10.9. The Kier molecular flexibility index (Phi) is 4.73. The number of amides is 1. The Morgan fingerprint density at radius 3 is 2.10 bits per heavy atom.